The molecule has 0 aliphatic rings. The van der Waals surface area contributed by atoms with Crippen LogP contribution in [0.15, 0.2) is 42.5 Å². The maximum Gasteiger partial charge on any atom is 0.335 e. The van der Waals surface area contributed by atoms with Gasteiger partial charge >= 0.3 is 11.9 Å². The van der Waals surface area contributed by atoms with Crippen LogP contribution < -0.4 is 4.74 Å². The van der Waals surface area contributed by atoms with E-state index in [0.717, 1.165) is 6.07 Å². The van der Waals surface area contributed by atoms with E-state index >= 15 is 0 Å². The first kappa shape index (κ1) is 21.0. The van der Waals surface area contributed by atoms with Gasteiger partial charge in [0.05, 0.1) is 29.9 Å². The van der Waals surface area contributed by atoms with E-state index < -0.39 is 11.9 Å². The largest absolute Gasteiger partial charge is 0.478 e. The van der Waals surface area contributed by atoms with Gasteiger partial charge in [-0.15, -0.1) is 0 Å². The summed E-state index contributed by atoms with van der Waals surface area (Å²) in [6.45, 7) is 3.71. The highest BCUT2D eigenvalue weighted by atomic mass is 16.5. The Hall–Kier alpha value is -3.34. The topological polar surface area (TPSA) is 102 Å². The first-order chi connectivity index (χ1) is 13.5. The number of carbonyl (C=O) groups is 2. The number of hydrogen-bond donors (Lipinski definition) is 2. The molecule has 0 unspecified atom stereocenters. The van der Waals surface area contributed by atoms with Gasteiger partial charge in [-0.2, -0.15) is 0 Å². The minimum Gasteiger partial charge on any atom is -0.478 e. The number of hydrogen-bond acceptors (Lipinski definition) is 5. The van der Waals surface area contributed by atoms with Crippen molar-refractivity contribution >= 4 is 11.9 Å². The summed E-state index contributed by atoms with van der Waals surface area (Å²) in [6, 6.07) is 10.5. The van der Waals surface area contributed by atoms with Gasteiger partial charge in [-0.25, -0.2) is 9.59 Å². The van der Waals surface area contributed by atoms with Crippen LogP contribution >= 0.6 is 0 Å². The third-order valence-electron chi connectivity index (χ3n) is 3.49. The average Bonchev–Trinajstić information content (AvgIpc) is 2.68. The fourth-order valence-corrected chi connectivity index (χ4v) is 2.21. The Morgan fingerprint density at radius 1 is 0.964 bits per heavy atom. The second-order valence-electron chi connectivity index (χ2n) is 5.51. The molecule has 0 bridgehead atoms. The van der Waals surface area contributed by atoms with E-state index in [1.807, 2.05) is 6.92 Å². The van der Waals surface area contributed by atoms with Gasteiger partial charge in [-0.1, -0.05) is 24.0 Å². The Morgan fingerprint density at radius 3 is 2.25 bits per heavy atom. The van der Waals surface area contributed by atoms with Gasteiger partial charge in [0.25, 0.3) is 0 Å². The molecule has 2 rings (SSSR count). The zero-order valence-corrected chi connectivity index (χ0v) is 15.3. The SMILES string of the molecule is CCOCCOCC#Cc1ccccc1Oc1cc(C(=O)O)cc(C(=O)O)c1. The maximum absolute atomic E-state index is 11.2. The predicted octanol–water partition coefficient (Wildman–Crippen LogP) is 3.28. The zero-order chi connectivity index (χ0) is 20.4. The third-order valence-corrected chi connectivity index (χ3v) is 3.49. The molecular weight excluding hydrogens is 364 g/mol. The summed E-state index contributed by atoms with van der Waals surface area (Å²) in [4.78, 5) is 22.4. The highest BCUT2D eigenvalue weighted by Crippen LogP contribution is 2.27. The van der Waals surface area contributed by atoms with E-state index in [1.54, 1.807) is 24.3 Å². The maximum atomic E-state index is 11.2. The van der Waals surface area contributed by atoms with Crippen LogP contribution in [0.4, 0.5) is 0 Å². The smallest absolute Gasteiger partial charge is 0.335 e. The molecule has 0 saturated carbocycles. The molecule has 146 valence electrons. The van der Waals surface area contributed by atoms with Crippen molar-refractivity contribution in [3.05, 3.63) is 59.2 Å². The molecule has 0 spiro atoms. The number of benzene rings is 2. The van der Waals surface area contributed by atoms with Crippen LogP contribution in [0.25, 0.3) is 0 Å². The molecule has 0 heterocycles. The minimum atomic E-state index is -1.25. The van der Waals surface area contributed by atoms with E-state index in [1.165, 1.54) is 12.1 Å². The molecule has 0 atom stereocenters. The lowest BCUT2D eigenvalue weighted by molar-refractivity contribution is 0.0662. The zero-order valence-electron chi connectivity index (χ0n) is 15.3. The van der Waals surface area contributed by atoms with Gasteiger partial charge in [0, 0.05) is 6.61 Å². The van der Waals surface area contributed by atoms with Gasteiger partial charge in [-0.05, 0) is 37.3 Å². The Morgan fingerprint density at radius 2 is 1.61 bits per heavy atom. The number of carboxylic acid groups (broad SMARTS) is 2. The van der Waals surface area contributed by atoms with Crippen molar-refractivity contribution in [2.45, 2.75) is 6.92 Å². The molecule has 28 heavy (non-hydrogen) atoms. The van der Waals surface area contributed by atoms with Crippen LogP contribution in [0.1, 0.15) is 33.2 Å². The summed E-state index contributed by atoms with van der Waals surface area (Å²) in [5.41, 5.74) is 0.204. The lowest BCUT2D eigenvalue weighted by Crippen LogP contribution is -2.04. The monoisotopic (exact) mass is 384 g/mol. The van der Waals surface area contributed by atoms with Crippen LogP contribution in [0.2, 0.25) is 0 Å². The fraction of sp³-hybridized carbons (Fsp3) is 0.238. The number of ether oxygens (including phenoxy) is 3. The quantitative estimate of drug-likeness (QED) is 0.505. The lowest BCUT2D eigenvalue weighted by atomic mass is 10.1. The molecule has 0 aliphatic heterocycles. The van der Waals surface area contributed by atoms with E-state index in [2.05, 4.69) is 11.8 Å². The van der Waals surface area contributed by atoms with Crippen LogP contribution in [0.5, 0.6) is 11.5 Å². The van der Waals surface area contributed by atoms with Crippen molar-refractivity contribution in [1.82, 2.24) is 0 Å². The molecule has 0 radical (unpaired) electrons. The summed E-state index contributed by atoms with van der Waals surface area (Å²) in [6.07, 6.45) is 0. The van der Waals surface area contributed by atoms with E-state index in [4.69, 9.17) is 24.4 Å². The van der Waals surface area contributed by atoms with Crippen molar-refractivity contribution in [1.29, 1.82) is 0 Å². The molecular formula is C21H20O7. The van der Waals surface area contributed by atoms with Crippen molar-refractivity contribution in [3.63, 3.8) is 0 Å². The summed E-state index contributed by atoms with van der Waals surface area (Å²) in [7, 11) is 0. The van der Waals surface area contributed by atoms with Crippen molar-refractivity contribution in [3.8, 4) is 23.3 Å². The van der Waals surface area contributed by atoms with E-state index in [0.29, 0.717) is 31.1 Å². The minimum absolute atomic E-state index is 0.0968. The van der Waals surface area contributed by atoms with E-state index in [-0.39, 0.29) is 23.5 Å². The molecule has 7 nitrogen and oxygen atoms in total. The molecule has 0 aromatic heterocycles. The second-order valence-corrected chi connectivity index (χ2v) is 5.51. The average molecular weight is 384 g/mol. The number of carboxylic acids is 2. The Balaban J connectivity index is 2.15. The summed E-state index contributed by atoms with van der Waals surface area (Å²) < 4.78 is 16.2. The second kappa shape index (κ2) is 10.7. The molecule has 0 amide bonds. The van der Waals surface area contributed by atoms with Crippen LogP contribution in [0.3, 0.4) is 0 Å². The van der Waals surface area contributed by atoms with Crippen molar-refractivity contribution in [2.75, 3.05) is 26.4 Å². The first-order valence-corrected chi connectivity index (χ1v) is 8.54. The Kier molecular flexibility index (Phi) is 8.03. The first-order valence-electron chi connectivity index (χ1n) is 8.54. The molecule has 0 saturated heterocycles. The number of rotatable bonds is 9. The van der Waals surface area contributed by atoms with Gasteiger partial charge in [0.15, 0.2) is 0 Å². The van der Waals surface area contributed by atoms with Gasteiger partial charge in [0.1, 0.15) is 18.1 Å². The van der Waals surface area contributed by atoms with Gasteiger partial charge in [-0.3, -0.25) is 0 Å². The van der Waals surface area contributed by atoms with Gasteiger partial charge in [0.2, 0.25) is 0 Å². The number of aromatic carboxylic acids is 2. The van der Waals surface area contributed by atoms with Crippen molar-refractivity contribution < 1.29 is 34.0 Å². The molecule has 0 fully saturated rings. The van der Waals surface area contributed by atoms with Crippen LogP contribution in [-0.2, 0) is 9.47 Å². The molecule has 7 heteroatoms. The number of para-hydroxylation sites is 1. The summed E-state index contributed by atoms with van der Waals surface area (Å²) in [5.74, 6) is 3.78. The Labute approximate surface area is 162 Å². The van der Waals surface area contributed by atoms with Gasteiger partial charge < -0.3 is 24.4 Å². The van der Waals surface area contributed by atoms with Crippen LogP contribution in [0, 0.1) is 11.8 Å². The normalized spacial score (nSPS) is 10.0. The lowest BCUT2D eigenvalue weighted by Gasteiger charge is -2.09. The predicted molar refractivity (Wildman–Crippen MR) is 101 cm³/mol. The summed E-state index contributed by atoms with van der Waals surface area (Å²) in [5, 5.41) is 18.3. The van der Waals surface area contributed by atoms with E-state index in [9.17, 15) is 9.59 Å². The highest BCUT2D eigenvalue weighted by molar-refractivity contribution is 5.94. The molecule has 2 aromatic rings. The third kappa shape index (κ3) is 6.43. The highest BCUT2D eigenvalue weighted by Gasteiger charge is 2.13. The summed E-state index contributed by atoms with van der Waals surface area (Å²) >= 11 is 0. The van der Waals surface area contributed by atoms with Crippen LogP contribution in [-0.4, -0.2) is 48.6 Å². The van der Waals surface area contributed by atoms with Crippen molar-refractivity contribution in [2.24, 2.45) is 0 Å². The molecule has 2 N–H and O–H groups in total. The molecule has 0 aliphatic carbocycles. The molecule has 2 aromatic carbocycles. The fourth-order valence-electron chi connectivity index (χ4n) is 2.21. The Bertz CT molecular complexity index is 861. The standard InChI is InChI=1S/C21H20O7/c1-2-26-10-11-27-9-5-7-15-6-3-4-8-19(15)28-18-13-16(20(22)23)12-17(14-18)21(24)25/h3-4,6,8,12-14H,2,9-11H2,1H3,(H,22,23)(H,24,25).